The van der Waals surface area contributed by atoms with Crippen LogP contribution in [-0.2, 0) is 19.1 Å². The van der Waals surface area contributed by atoms with Gasteiger partial charge in [0.25, 0.3) is 11.8 Å². The number of alkyl halides is 2. The highest BCUT2D eigenvalue weighted by atomic mass is 35.5. The van der Waals surface area contributed by atoms with Gasteiger partial charge in [-0.15, -0.1) is 0 Å². The van der Waals surface area contributed by atoms with E-state index in [4.69, 9.17) is 21.1 Å². The summed E-state index contributed by atoms with van der Waals surface area (Å²) in [4.78, 5) is 42.7. The fourth-order valence-electron chi connectivity index (χ4n) is 4.85. The van der Waals surface area contributed by atoms with Gasteiger partial charge in [0, 0.05) is 48.7 Å². The van der Waals surface area contributed by atoms with Gasteiger partial charge in [0.05, 0.1) is 19.8 Å². The molecule has 38 heavy (non-hydrogen) atoms. The molecule has 1 heterocycles. The number of carbonyl (C=O) groups excluding carboxylic acids is 3. The second kappa shape index (κ2) is 11.2. The van der Waals surface area contributed by atoms with Gasteiger partial charge in [-0.3, -0.25) is 19.4 Å². The number of nitrogens with one attached hydrogen (secondary N) is 1. The Morgan fingerprint density at radius 2 is 1.84 bits per heavy atom. The molecule has 0 unspecified atom stereocenters. The van der Waals surface area contributed by atoms with Crippen LogP contribution >= 0.6 is 11.6 Å². The van der Waals surface area contributed by atoms with Crippen LogP contribution in [0.4, 0.5) is 23.7 Å². The number of likely N-dealkylation sites (tertiary alicyclic amines) is 1. The number of amides is 3. The Hall–Kier alpha value is -3.31. The predicted octanol–water partition coefficient (Wildman–Crippen LogP) is 4.32. The molecule has 204 valence electrons. The SMILES string of the molecule is COC(=O)N1C[C@@H](OC)C[C@H]1C(=O)N(c1cccc(F)c1)[C@H](C(=O)NC1CC(F)(F)C1)c1ccccc1Cl. The number of ether oxygens (including phenoxy) is 2. The van der Waals surface area contributed by atoms with Crippen molar-refractivity contribution in [3.63, 3.8) is 0 Å². The molecule has 1 saturated carbocycles. The minimum absolute atomic E-state index is 0.0136. The average molecular weight is 554 g/mol. The highest BCUT2D eigenvalue weighted by molar-refractivity contribution is 6.31. The van der Waals surface area contributed by atoms with Crippen LogP contribution in [0, 0.1) is 5.82 Å². The molecule has 2 aromatic carbocycles. The molecule has 1 aliphatic heterocycles. The number of nitrogens with zero attached hydrogens (tertiary/aromatic N) is 2. The van der Waals surface area contributed by atoms with Crippen molar-refractivity contribution in [3.8, 4) is 0 Å². The number of hydrogen-bond donors (Lipinski definition) is 1. The lowest BCUT2D eigenvalue weighted by Crippen LogP contribution is -2.56. The zero-order valence-electron chi connectivity index (χ0n) is 20.7. The van der Waals surface area contributed by atoms with Crippen molar-refractivity contribution < 1.29 is 37.0 Å². The quantitative estimate of drug-likeness (QED) is 0.552. The highest BCUT2D eigenvalue weighted by Crippen LogP contribution is 2.39. The van der Waals surface area contributed by atoms with Crippen molar-refractivity contribution in [1.82, 2.24) is 10.2 Å². The lowest BCUT2D eigenvalue weighted by atomic mass is 9.87. The smallest absolute Gasteiger partial charge is 0.410 e. The molecule has 12 heteroatoms. The van der Waals surface area contributed by atoms with Crippen LogP contribution < -0.4 is 10.2 Å². The highest BCUT2D eigenvalue weighted by Gasteiger charge is 2.49. The van der Waals surface area contributed by atoms with Crippen molar-refractivity contribution in [1.29, 1.82) is 0 Å². The van der Waals surface area contributed by atoms with Crippen LogP contribution in [0.2, 0.25) is 5.02 Å². The van der Waals surface area contributed by atoms with Crippen LogP contribution in [-0.4, -0.2) is 67.7 Å². The number of methoxy groups -OCH3 is 2. The lowest BCUT2D eigenvalue weighted by Gasteiger charge is -2.39. The molecule has 4 rings (SSSR count). The van der Waals surface area contributed by atoms with Gasteiger partial charge >= 0.3 is 6.09 Å². The fourth-order valence-corrected chi connectivity index (χ4v) is 5.09. The molecule has 0 spiro atoms. The number of rotatable bonds is 7. The molecule has 0 aromatic heterocycles. The molecular formula is C26H27ClF3N3O5. The molecule has 1 saturated heterocycles. The van der Waals surface area contributed by atoms with Gasteiger partial charge in [-0.25, -0.2) is 18.0 Å². The molecule has 3 atom stereocenters. The summed E-state index contributed by atoms with van der Waals surface area (Å²) >= 11 is 6.45. The maximum Gasteiger partial charge on any atom is 0.410 e. The van der Waals surface area contributed by atoms with Gasteiger partial charge in [0.2, 0.25) is 5.91 Å². The van der Waals surface area contributed by atoms with Gasteiger partial charge in [-0.1, -0.05) is 35.9 Å². The van der Waals surface area contributed by atoms with Crippen LogP contribution in [0.25, 0.3) is 0 Å². The van der Waals surface area contributed by atoms with E-state index in [1.54, 1.807) is 12.1 Å². The first-order valence-corrected chi connectivity index (χ1v) is 12.3. The number of hydrogen-bond acceptors (Lipinski definition) is 5. The zero-order valence-corrected chi connectivity index (χ0v) is 21.5. The fraction of sp³-hybridized carbons (Fsp3) is 0.423. The number of halogens is 4. The minimum atomic E-state index is -2.89. The van der Waals surface area contributed by atoms with E-state index >= 15 is 0 Å². The summed E-state index contributed by atoms with van der Waals surface area (Å²) in [5, 5.41) is 2.71. The Kier molecular flexibility index (Phi) is 8.17. The molecule has 1 aliphatic carbocycles. The van der Waals surface area contributed by atoms with Crippen LogP contribution in [0.3, 0.4) is 0 Å². The van der Waals surface area contributed by atoms with E-state index in [0.717, 1.165) is 11.0 Å². The summed E-state index contributed by atoms with van der Waals surface area (Å²) in [5.74, 6) is -5.07. The maximum absolute atomic E-state index is 14.4. The third-order valence-corrected chi connectivity index (χ3v) is 7.10. The van der Waals surface area contributed by atoms with Crippen molar-refractivity contribution in [2.75, 3.05) is 25.7 Å². The van der Waals surface area contributed by atoms with Gasteiger partial charge in [0.1, 0.15) is 17.9 Å². The maximum atomic E-state index is 14.4. The van der Waals surface area contributed by atoms with E-state index in [1.807, 2.05) is 0 Å². The minimum Gasteiger partial charge on any atom is -0.453 e. The monoisotopic (exact) mass is 553 g/mol. The second-order valence-electron chi connectivity index (χ2n) is 9.31. The Bertz CT molecular complexity index is 1210. The predicted molar refractivity (Wildman–Crippen MR) is 133 cm³/mol. The number of anilines is 1. The van der Waals surface area contributed by atoms with Crippen LogP contribution in [0.1, 0.15) is 30.9 Å². The van der Waals surface area contributed by atoms with Gasteiger partial charge in [-0.05, 0) is 24.3 Å². The Morgan fingerprint density at radius 1 is 1.13 bits per heavy atom. The van der Waals surface area contributed by atoms with Gasteiger partial charge < -0.3 is 14.8 Å². The summed E-state index contributed by atoms with van der Waals surface area (Å²) in [5.41, 5.74) is 0.209. The third-order valence-electron chi connectivity index (χ3n) is 6.76. The Balaban J connectivity index is 1.80. The van der Waals surface area contributed by atoms with E-state index < -0.39 is 66.7 Å². The lowest BCUT2D eigenvalue weighted by molar-refractivity contribution is -0.133. The molecule has 2 aromatic rings. The normalized spacial score (nSPS) is 21.4. The van der Waals surface area contributed by atoms with E-state index in [-0.39, 0.29) is 29.2 Å². The Morgan fingerprint density at radius 3 is 2.45 bits per heavy atom. The molecule has 2 fully saturated rings. The first-order chi connectivity index (χ1) is 18.0. The molecule has 0 radical (unpaired) electrons. The molecule has 2 aliphatic rings. The second-order valence-corrected chi connectivity index (χ2v) is 9.72. The zero-order chi connectivity index (χ0) is 27.6. The summed E-state index contributed by atoms with van der Waals surface area (Å²) in [6.07, 6.45) is -2.28. The van der Waals surface area contributed by atoms with Crippen molar-refractivity contribution in [2.45, 2.75) is 49.4 Å². The number of carbonyl (C=O) groups is 3. The third kappa shape index (κ3) is 5.73. The van der Waals surface area contributed by atoms with Crippen molar-refractivity contribution in [3.05, 3.63) is 64.9 Å². The van der Waals surface area contributed by atoms with E-state index in [0.29, 0.717) is 0 Å². The Labute approximate surface area is 222 Å². The molecular weight excluding hydrogens is 527 g/mol. The van der Waals surface area contributed by atoms with Gasteiger partial charge in [0.15, 0.2) is 0 Å². The molecule has 0 bridgehead atoms. The van der Waals surface area contributed by atoms with Crippen molar-refractivity contribution >= 4 is 35.2 Å². The summed E-state index contributed by atoms with van der Waals surface area (Å²) in [6, 6.07) is 7.89. The van der Waals surface area contributed by atoms with Gasteiger partial charge in [-0.2, -0.15) is 0 Å². The largest absolute Gasteiger partial charge is 0.453 e. The molecule has 1 N–H and O–H groups in total. The molecule has 8 nitrogen and oxygen atoms in total. The topological polar surface area (TPSA) is 88.2 Å². The van der Waals surface area contributed by atoms with Crippen molar-refractivity contribution in [2.24, 2.45) is 0 Å². The summed E-state index contributed by atoms with van der Waals surface area (Å²) in [7, 11) is 2.61. The first kappa shape index (κ1) is 27.7. The summed E-state index contributed by atoms with van der Waals surface area (Å²) in [6.45, 7) is 0.0523. The number of benzene rings is 2. The van der Waals surface area contributed by atoms with E-state index in [2.05, 4.69) is 5.32 Å². The average Bonchev–Trinajstić information content (AvgIpc) is 3.30. The first-order valence-electron chi connectivity index (χ1n) is 11.9. The van der Waals surface area contributed by atoms with E-state index in [1.165, 1.54) is 49.5 Å². The van der Waals surface area contributed by atoms with E-state index in [9.17, 15) is 27.6 Å². The molecule has 3 amide bonds. The van der Waals surface area contributed by atoms with Crippen LogP contribution in [0.15, 0.2) is 48.5 Å². The summed E-state index contributed by atoms with van der Waals surface area (Å²) < 4.78 is 51.6. The van der Waals surface area contributed by atoms with Crippen LogP contribution in [0.5, 0.6) is 0 Å². The standard InChI is InChI=1S/C26H27ClF3N3O5/c1-37-18-11-21(32(14-18)25(36)38-2)24(35)33(17-7-5-6-15(28)10-17)22(19-8-3-4-9-20(19)27)23(34)31-16-12-26(29,30)13-16/h3-10,16,18,21-22H,11-14H2,1-2H3,(H,31,34)/t18-,21-,22-/m0/s1.